The van der Waals surface area contributed by atoms with Gasteiger partial charge >= 0.3 is 6.03 Å². The number of anilines is 3. The number of carbonyl (C=O) groups is 1. The number of amides is 2. The summed E-state index contributed by atoms with van der Waals surface area (Å²) in [4.78, 5) is 31.7. The van der Waals surface area contributed by atoms with E-state index in [9.17, 15) is 15.0 Å². The highest BCUT2D eigenvalue weighted by Gasteiger charge is 2.47. The van der Waals surface area contributed by atoms with Crippen molar-refractivity contribution in [3.8, 4) is 0 Å². The molecular weight excluding hydrogens is 709 g/mol. The third-order valence-electron chi connectivity index (χ3n) is 9.74. The van der Waals surface area contributed by atoms with Crippen molar-refractivity contribution >= 4 is 47.3 Å². The van der Waals surface area contributed by atoms with E-state index in [2.05, 4.69) is 68.3 Å². The average Bonchev–Trinajstić information content (AvgIpc) is 4.01. The molecule has 2 fully saturated rings. The van der Waals surface area contributed by atoms with Gasteiger partial charge in [-0.1, -0.05) is 60.7 Å². The molecule has 17 heteroatoms. The van der Waals surface area contributed by atoms with Gasteiger partial charge in [0.2, 0.25) is 11.8 Å². The fraction of sp³-hybridized carbons (Fsp3) is 0.324. The lowest BCUT2D eigenvalue weighted by atomic mass is 9.91. The van der Waals surface area contributed by atoms with Crippen molar-refractivity contribution in [1.29, 1.82) is 0 Å². The number of aryl methyl sites for hydroxylation is 1. The van der Waals surface area contributed by atoms with Crippen LogP contribution in [-0.2, 0) is 11.3 Å². The third-order valence-corrected chi connectivity index (χ3v) is 10.0. The highest BCUT2D eigenvalue weighted by Crippen LogP contribution is 2.39. The van der Waals surface area contributed by atoms with E-state index in [1.807, 2.05) is 60.4 Å². The quantitative estimate of drug-likeness (QED) is 0.105. The van der Waals surface area contributed by atoms with E-state index in [1.54, 1.807) is 16.7 Å². The van der Waals surface area contributed by atoms with Crippen LogP contribution in [0.5, 0.6) is 0 Å². The van der Waals surface area contributed by atoms with Crippen LogP contribution >= 0.6 is 12.6 Å². The van der Waals surface area contributed by atoms with Gasteiger partial charge in [0.05, 0.1) is 12.9 Å². The Labute approximate surface area is 316 Å². The minimum atomic E-state index is -1.35. The zero-order chi connectivity index (χ0) is 37.2. The number of hydrogen-bond donors (Lipinski definition) is 6. The number of benzene rings is 3. The zero-order valence-electron chi connectivity index (χ0n) is 29.3. The van der Waals surface area contributed by atoms with E-state index in [0.717, 1.165) is 16.0 Å². The maximum atomic E-state index is 12.9. The van der Waals surface area contributed by atoms with Crippen LogP contribution in [0, 0.1) is 0 Å². The highest BCUT2D eigenvalue weighted by atomic mass is 32.1. The standard InChI is InChI=1S/C37H40N12O4S/c1-2-49-45-33(44-46-49)31-29(50)30(51)35(53-31)48-21-39-28-32(38-19-27(22-9-5-3-6-10-22)23-11-7-4-8-12-23)42-36(43-34(28)48)47-18-17-25(20-47)41-37(52)40-24-13-15-26(54)16-14-24/h3-16,21,25,27,29-31,35,50-51,54H,2,17-20H2,1H3,(H,38,42,43)(H2,40,41,52)/t25-,29+,30+,31+,35-/m1/s1. The monoisotopic (exact) mass is 748 g/mol. The van der Waals surface area contributed by atoms with Crippen molar-refractivity contribution in [2.75, 3.05) is 35.2 Å². The van der Waals surface area contributed by atoms with E-state index in [4.69, 9.17) is 19.7 Å². The summed E-state index contributed by atoms with van der Waals surface area (Å²) in [7, 11) is 0. The van der Waals surface area contributed by atoms with Crippen molar-refractivity contribution in [2.45, 2.75) is 61.3 Å². The molecule has 16 nitrogen and oxygen atoms in total. The molecule has 5 N–H and O–H groups in total. The van der Waals surface area contributed by atoms with Gasteiger partial charge in [-0.05, 0) is 54.0 Å². The van der Waals surface area contributed by atoms with Crippen molar-refractivity contribution < 1.29 is 19.7 Å². The smallest absolute Gasteiger partial charge is 0.319 e. The number of fused-ring (bicyclic) bond motifs is 1. The number of aliphatic hydroxyl groups excluding tert-OH is 2. The molecule has 0 saturated carbocycles. The number of tetrazole rings is 1. The number of aliphatic hydroxyl groups is 2. The molecule has 2 amide bonds. The number of urea groups is 1. The molecule has 54 heavy (non-hydrogen) atoms. The minimum Gasteiger partial charge on any atom is -0.387 e. The molecule has 0 aliphatic carbocycles. The van der Waals surface area contributed by atoms with Crippen LogP contribution in [0.15, 0.2) is 96.2 Å². The molecule has 0 unspecified atom stereocenters. The molecule has 2 aliphatic heterocycles. The number of aromatic nitrogens is 8. The molecule has 2 aliphatic rings. The van der Waals surface area contributed by atoms with Gasteiger partial charge in [0, 0.05) is 42.2 Å². The second-order valence-corrected chi connectivity index (χ2v) is 13.8. The second-order valence-electron chi connectivity index (χ2n) is 13.3. The number of nitrogens with zero attached hydrogens (tertiary/aromatic N) is 9. The van der Waals surface area contributed by atoms with E-state index in [1.165, 1.54) is 11.1 Å². The molecule has 278 valence electrons. The van der Waals surface area contributed by atoms with Gasteiger partial charge in [-0.2, -0.15) is 14.8 Å². The number of thiol groups is 1. The first kappa shape index (κ1) is 35.4. The lowest BCUT2D eigenvalue weighted by Crippen LogP contribution is -2.40. The molecule has 2 saturated heterocycles. The SMILES string of the molecule is CCn1nnc([C@H]2O[C@@H](n3cnc4c(NCC(c5ccccc5)c5ccccc5)nc(N5CC[C@@H](NC(=O)Nc6ccc(S)cc6)C5)nc43)[C@@H](O)[C@@H]2O)n1. The Balaban J connectivity index is 1.09. The van der Waals surface area contributed by atoms with Gasteiger partial charge in [-0.3, -0.25) is 4.57 Å². The Kier molecular flexibility index (Phi) is 10.1. The topological polar surface area (TPSA) is 193 Å². The van der Waals surface area contributed by atoms with E-state index >= 15 is 0 Å². The number of ether oxygens (including phenoxy) is 1. The second kappa shape index (κ2) is 15.4. The number of rotatable bonds is 11. The van der Waals surface area contributed by atoms with Crippen LogP contribution < -0.4 is 20.9 Å². The first-order valence-corrected chi connectivity index (χ1v) is 18.3. The van der Waals surface area contributed by atoms with Crippen molar-refractivity contribution in [2.24, 2.45) is 0 Å². The van der Waals surface area contributed by atoms with E-state index in [-0.39, 0.29) is 23.8 Å². The predicted octanol–water partition coefficient (Wildman–Crippen LogP) is 3.76. The summed E-state index contributed by atoms with van der Waals surface area (Å²) in [6.07, 6.45) is -2.57. The summed E-state index contributed by atoms with van der Waals surface area (Å²) in [5.74, 6) is 1.06. The molecule has 3 aromatic carbocycles. The molecule has 3 aromatic heterocycles. The van der Waals surface area contributed by atoms with Crippen LogP contribution in [0.4, 0.5) is 22.2 Å². The summed E-state index contributed by atoms with van der Waals surface area (Å²) >= 11 is 4.31. The molecule has 5 heterocycles. The maximum Gasteiger partial charge on any atom is 0.319 e. The Morgan fingerprint density at radius 2 is 1.70 bits per heavy atom. The Hall–Kier alpha value is -5.62. The molecule has 5 atom stereocenters. The van der Waals surface area contributed by atoms with Crippen LogP contribution in [0.2, 0.25) is 0 Å². The summed E-state index contributed by atoms with van der Waals surface area (Å²) in [6.45, 7) is 3.89. The number of hydrogen-bond acceptors (Lipinski definition) is 13. The lowest BCUT2D eigenvalue weighted by molar-refractivity contribution is -0.0384. The summed E-state index contributed by atoms with van der Waals surface area (Å²) in [6, 6.07) is 27.2. The summed E-state index contributed by atoms with van der Waals surface area (Å²) < 4.78 is 7.81. The molecular formula is C37H40N12O4S. The van der Waals surface area contributed by atoms with Crippen molar-refractivity contribution in [3.63, 3.8) is 0 Å². The third kappa shape index (κ3) is 7.30. The summed E-state index contributed by atoms with van der Waals surface area (Å²) in [5.41, 5.74) is 3.79. The maximum absolute atomic E-state index is 12.9. The summed E-state index contributed by atoms with van der Waals surface area (Å²) in [5, 5.41) is 44.2. The molecule has 8 rings (SSSR count). The van der Waals surface area contributed by atoms with Gasteiger partial charge in [-0.15, -0.1) is 22.8 Å². The van der Waals surface area contributed by atoms with Crippen LogP contribution in [0.3, 0.4) is 0 Å². The lowest BCUT2D eigenvalue weighted by Gasteiger charge is -2.22. The zero-order valence-corrected chi connectivity index (χ0v) is 30.2. The molecule has 6 aromatic rings. The molecule has 0 bridgehead atoms. The highest BCUT2D eigenvalue weighted by molar-refractivity contribution is 7.80. The van der Waals surface area contributed by atoms with Crippen LogP contribution in [-0.4, -0.2) is 93.9 Å². The number of imidazole rings is 1. The Bertz CT molecular complexity index is 2160. The predicted molar refractivity (Wildman–Crippen MR) is 203 cm³/mol. The Morgan fingerprint density at radius 1 is 0.981 bits per heavy atom. The van der Waals surface area contributed by atoms with E-state index in [0.29, 0.717) is 61.2 Å². The van der Waals surface area contributed by atoms with Gasteiger partial charge in [0.25, 0.3) is 0 Å². The fourth-order valence-corrected chi connectivity index (χ4v) is 7.07. The number of nitrogens with one attached hydrogen (secondary N) is 3. The Morgan fingerprint density at radius 3 is 2.39 bits per heavy atom. The molecule has 0 radical (unpaired) electrons. The van der Waals surface area contributed by atoms with Crippen molar-refractivity contribution in [1.82, 2.24) is 45.0 Å². The average molecular weight is 749 g/mol. The minimum absolute atomic E-state index is 0.00859. The van der Waals surface area contributed by atoms with Crippen LogP contribution in [0.25, 0.3) is 11.2 Å². The largest absolute Gasteiger partial charge is 0.387 e. The van der Waals surface area contributed by atoms with Gasteiger partial charge < -0.3 is 35.8 Å². The fourth-order valence-electron chi connectivity index (χ4n) is 6.92. The first-order valence-electron chi connectivity index (χ1n) is 17.8. The van der Waals surface area contributed by atoms with E-state index < -0.39 is 24.5 Å². The normalized spacial score (nSPS) is 21.2. The first-order chi connectivity index (χ1) is 26.3. The van der Waals surface area contributed by atoms with Crippen molar-refractivity contribution in [3.05, 3.63) is 108 Å². The van der Waals surface area contributed by atoms with Gasteiger partial charge in [-0.25, -0.2) is 9.78 Å². The molecule has 0 spiro atoms. The van der Waals surface area contributed by atoms with Crippen LogP contribution in [0.1, 0.15) is 48.5 Å². The number of carbonyl (C=O) groups excluding carboxylic acids is 1. The van der Waals surface area contributed by atoms with Gasteiger partial charge in [0.15, 0.2) is 29.3 Å². The van der Waals surface area contributed by atoms with Gasteiger partial charge in [0.1, 0.15) is 12.2 Å².